The molecule has 0 radical (unpaired) electrons. The zero-order valence-electron chi connectivity index (χ0n) is 11.1. The third-order valence-electron chi connectivity index (χ3n) is 3.78. The van der Waals surface area contributed by atoms with Crippen LogP contribution < -0.4 is 0 Å². The Morgan fingerprint density at radius 2 is 1.84 bits per heavy atom. The second-order valence-electron chi connectivity index (χ2n) is 5.07. The average molecular weight is 253 g/mol. The van der Waals surface area contributed by atoms with Gasteiger partial charge in [-0.05, 0) is 31.5 Å². The van der Waals surface area contributed by atoms with E-state index in [1.165, 1.54) is 31.5 Å². The molecule has 1 fully saturated rings. The number of likely N-dealkylation sites (tertiary alicyclic amines) is 1. The van der Waals surface area contributed by atoms with Gasteiger partial charge in [-0.2, -0.15) is 0 Å². The molecule has 3 nitrogen and oxygen atoms in total. The molecule has 0 amide bonds. The molecule has 2 aromatic rings. The number of hydrogen-bond donors (Lipinski definition) is 0. The molecule has 19 heavy (non-hydrogen) atoms. The van der Waals surface area contributed by atoms with E-state index in [2.05, 4.69) is 45.2 Å². The minimum Gasteiger partial charge on any atom is -0.296 e. The van der Waals surface area contributed by atoms with Crippen LogP contribution in [0.3, 0.4) is 0 Å². The minimum absolute atomic E-state index is 0.431. The molecule has 0 saturated carbocycles. The van der Waals surface area contributed by atoms with E-state index >= 15 is 0 Å². The summed E-state index contributed by atoms with van der Waals surface area (Å²) in [5, 5.41) is 0. The summed E-state index contributed by atoms with van der Waals surface area (Å²) in [4.78, 5) is 11.2. The Morgan fingerprint density at radius 3 is 2.53 bits per heavy atom. The minimum atomic E-state index is 0.431. The molecule has 3 heteroatoms. The van der Waals surface area contributed by atoms with Crippen molar-refractivity contribution in [3.8, 4) is 0 Å². The Morgan fingerprint density at radius 1 is 1.05 bits per heavy atom. The van der Waals surface area contributed by atoms with E-state index in [1.54, 1.807) is 12.4 Å². The summed E-state index contributed by atoms with van der Waals surface area (Å²) < 4.78 is 0. The van der Waals surface area contributed by atoms with Crippen LogP contribution in [-0.4, -0.2) is 28.0 Å². The van der Waals surface area contributed by atoms with Crippen LogP contribution in [0.5, 0.6) is 0 Å². The van der Waals surface area contributed by atoms with Crippen LogP contribution >= 0.6 is 0 Å². The molecule has 2 heterocycles. The molecule has 0 spiro atoms. The predicted octanol–water partition coefficient (Wildman–Crippen LogP) is 2.86. The van der Waals surface area contributed by atoms with Gasteiger partial charge in [0.25, 0.3) is 0 Å². The quantitative estimate of drug-likeness (QED) is 0.839. The van der Waals surface area contributed by atoms with Gasteiger partial charge in [-0.1, -0.05) is 30.3 Å². The van der Waals surface area contributed by atoms with Crippen LogP contribution in [0.4, 0.5) is 0 Å². The average Bonchev–Trinajstić information content (AvgIpc) is 3.01. The van der Waals surface area contributed by atoms with Gasteiger partial charge in [0.2, 0.25) is 0 Å². The monoisotopic (exact) mass is 253 g/mol. The highest BCUT2D eigenvalue weighted by Gasteiger charge is 2.23. The van der Waals surface area contributed by atoms with Gasteiger partial charge in [0.15, 0.2) is 0 Å². The van der Waals surface area contributed by atoms with E-state index in [0.29, 0.717) is 6.04 Å². The number of hydrogen-bond acceptors (Lipinski definition) is 3. The van der Waals surface area contributed by atoms with Gasteiger partial charge in [0.05, 0.1) is 5.69 Å². The molecule has 1 aromatic heterocycles. The maximum atomic E-state index is 4.43. The molecular weight excluding hydrogens is 234 g/mol. The lowest BCUT2D eigenvalue weighted by Gasteiger charge is -2.27. The zero-order chi connectivity index (χ0) is 12.9. The smallest absolute Gasteiger partial charge is 0.0605 e. The Kier molecular flexibility index (Phi) is 3.84. The second kappa shape index (κ2) is 5.93. The number of benzene rings is 1. The van der Waals surface area contributed by atoms with Crippen LogP contribution in [0.25, 0.3) is 0 Å². The molecule has 1 saturated heterocycles. The van der Waals surface area contributed by atoms with Crippen molar-refractivity contribution in [1.29, 1.82) is 0 Å². The fraction of sp³-hybridized carbons (Fsp3) is 0.375. The van der Waals surface area contributed by atoms with Crippen LogP contribution in [0.1, 0.15) is 30.1 Å². The van der Waals surface area contributed by atoms with Gasteiger partial charge in [-0.3, -0.25) is 14.9 Å². The van der Waals surface area contributed by atoms with E-state index in [9.17, 15) is 0 Å². The number of rotatable bonds is 4. The highest BCUT2D eigenvalue weighted by molar-refractivity contribution is 5.21. The van der Waals surface area contributed by atoms with Crippen LogP contribution in [0, 0.1) is 0 Å². The Labute approximate surface area is 114 Å². The van der Waals surface area contributed by atoms with Crippen molar-refractivity contribution in [3.05, 3.63) is 60.2 Å². The van der Waals surface area contributed by atoms with Gasteiger partial charge in [-0.15, -0.1) is 0 Å². The molecule has 1 aliphatic rings. The fourth-order valence-corrected chi connectivity index (χ4v) is 2.82. The van der Waals surface area contributed by atoms with Crippen LogP contribution in [0.2, 0.25) is 0 Å². The molecule has 1 atom stereocenters. The Balaban J connectivity index is 1.84. The second-order valence-corrected chi connectivity index (χ2v) is 5.07. The summed E-state index contributed by atoms with van der Waals surface area (Å²) in [5.74, 6) is 0. The highest BCUT2D eigenvalue weighted by atomic mass is 15.2. The highest BCUT2D eigenvalue weighted by Crippen LogP contribution is 2.27. The molecule has 3 rings (SSSR count). The summed E-state index contributed by atoms with van der Waals surface area (Å²) in [7, 11) is 0. The first-order chi connectivity index (χ1) is 9.43. The van der Waals surface area contributed by atoms with Crippen molar-refractivity contribution in [2.75, 3.05) is 13.1 Å². The first kappa shape index (κ1) is 12.3. The van der Waals surface area contributed by atoms with Gasteiger partial charge >= 0.3 is 0 Å². The largest absolute Gasteiger partial charge is 0.296 e. The van der Waals surface area contributed by atoms with Crippen molar-refractivity contribution in [3.63, 3.8) is 0 Å². The summed E-state index contributed by atoms with van der Waals surface area (Å²) in [5.41, 5.74) is 2.46. The maximum Gasteiger partial charge on any atom is 0.0605 e. The van der Waals surface area contributed by atoms with Crippen LogP contribution in [0.15, 0.2) is 48.9 Å². The van der Waals surface area contributed by atoms with Crippen LogP contribution in [-0.2, 0) is 6.42 Å². The molecule has 1 aliphatic heterocycles. The number of nitrogens with zero attached hydrogens (tertiary/aromatic N) is 3. The summed E-state index contributed by atoms with van der Waals surface area (Å²) in [6.45, 7) is 2.39. The van der Waals surface area contributed by atoms with E-state index < -0.39 is 0 Å². The van der Waals surface area contributed by atoms with Crippen molar-refractivity contribution in [2.24, 2.45) is 0 Å². The van der Waals surface area contributed by atoms with Gasteiger partial charge in [0, 0.05) is 31.1 Å². The fourth-order valence-electron chi connectivity index (χ4n) is 2.82. The summed E-state index contributed by atoms with van der Waals surface area (Å²) in [6, 6.07) is 11.2. The first-order valence-corrected chi connectivity index (χ1v) is 6.97. The molecule has 0 N–H and O–H groups in total. The lowest BCUT2D eigenvalue weighted by atomic mass is 10.0. The van der Waals surface area contributed by atoms with Crippen molar-refractivity contribution in [2.45, 2.75) is 25.3 Å². The summed E-state index contributed by atoms with van der Waals surface area (Å²) >= 11 is 0. The number of aromatic nitrogens is 2. The van der Waals surface area contributed by atoms with Gasteiger partial charge < -0.3 is 0 Å². The first-order valence-electron chi connectivity index (χ1n) is 6.97. The summed E-state index contributed by atoms with van der Waals surface area (Å²) in [6.07, 6.45) is 8.95. The Bertz CT molecular complexity index is 492. The molecule has 0 aliphatic carbocycles. The van der Waals surface area contributed by atoms with Gasteiger partial charge in [-0.25, -0.2) is 0 Å². The SMILES string of the molecule is c1ccc([C@@H](Cc2cnccn2)N2CCCC2)cc1. The topological polar surface area (TPSA) is 29.0 Å². The standard InChI is InChI=1S/C16H19N3/c1-2-6-14(7-3-1)16(19-10-4-5-11-19)12-15-13-17-8-9-18-15/h1-3,6-9,13,16H,4-5,10-12H2/t16-/m1/s1. The lowest BCUT2D eigenvalue weighted by molar-refractivity contribution is 0.242. The predicted molar refractivity (Wildman–Crippen MR) is 75.7 cm³/mol. The third kappa shape index (κ3) is 2.99. The Hall–Kier alpha value is -1.74. The molecule has 0 unspecified atom stereocenters. The molecule has 0 bridgehead atoms. The molecular formula is C16H19N3. The van der Waals surface area contributed by atoms with Crippen molar-refractivity contribution in [1.82, 2.24) is 14.9 Å². The normalized spacial score (nSPS) is 17.5. The van der Waals surface area contributed by atoms with E-state index in [0.717, 1.165) is 12.1 Å². The van der Waals surface area contributed by atoms with Gasteiger partial charge in [0.1, 0.15) is 0 Å². The molecule has 98 valence electrons. The lowest BCUT2D eigenvalue weighted by Crippen LogP contribution is -2.27. The third-order valence-corrected chi connectivity index (χ3v) is 3.78. The van der Waals surface area contributed by atoms with E-state index in [-0.39, 0.29) is 0 Å². The van der Waals surface area contributed by atoms with E-state index in [1.807, 2.05) is 6.20 Å². The zero-order valence-corrected chi connectivity index (χ0v) is 11.1. The molecule has 1 aromatic carbocycles. The maximum absolute atomic E-state index is 4.43. The van der Waals surface area contributed by atoms with Crippen molar-refractivity contribution >= 4 is 0 Å². The van der Waals surface area contributed by atoms with Crippen molar-refractivity contribution < 1.29 is 0 Å². The van der Waals surface area contributed by atoms with E-state index in [4.69, 9.17) is 0 Å².